The lowest BCUT2D eigenvalue weighted by molar-refractivity contribution is -0.122. The van der Waals surface area contributed by atoms with E-state index in [0.717, 1.165) is 41.8 Å². The Morgan fingerprint density at radius 2 is 2.08 bits per heavy atom. The number of nitrogens with one attached hydrogen (secondary N) is 1. The van der Waals surface area contributed by atoms with E-state index in [1.54, 1.807) is 6.20 Å². The van der Waals surface area contributed by atoms with Gasteiger partial charge in [0, 0.05) is 12.0 Å². The van der Waals surface area contributed by atoms with Crippen molar-refractivity contribution >= 4 is 11.7 Å². The van der Waals surface area contributed by atoms with Crippen LogP contribution in [0, 0.1) is 12.8 Å². The molecule has 2 heterocycles. The van der Waals surface area contributed by atoms with Crippen molar-refractivity contribution in [2.45, 2.75) is 45.2 Å². The second-order valence-corrected chi connectivity index (χ2v) is 7.06. The van der Waals surface area contributed by atoms with Crippen LogP contribution >= 0.6 is 0 Å². The third-order valence-corrected chi connectivity index (χ3v) is 5.23. The standard InChI is InChI=1S/C20H22FN3O2/c1-12-8-18-13(6-7-26-18)9-15(12)17-10-23-19(11-22-17)24-20(25)14-4-2-3-5-16(14)21/h8-11,14,16H,2-7H2,1H3,(H,23,24,25). The number of hydrogen-bond donors (Lipinski definition) is 1. The number of aromatic nitrogens is 2. The molecule has 26 heavy (non-hydrogen) atoms. The molecule has 0 bridgehead atoms. The van der Waals surface area contributed by atoms with Crippen LogP contribution in [0.3, 0.4) is 0 Å². The lowest BCUT2D eigenvalue weighted by Crippen LogP contribution is -2.33. The van der Waals surface area contributed by atoms with Crippen molar-refractivity contribution in [3.05, 3.63) is 35.7 Å². The van der Waals surface area contributed by atoms with Crippen molar-refractivity contribution in [2.75, 3.05) is 11.9 Å². The zero-order valence-electron chi connectivity index (χ0n) is 14.8. The summed E-state index contributed by atoms with van der Waals surface area (Å²) < 4.78 is 19.5. The molecule has 2 atom stereocenters. The Hall–Kier alpha value is -2.50. The highest BCUT2D eigenvalue weighted by Crippen LogP contribution is 2.33. The van der Waals surface area contributed by atoms with E-state index < -0.39 is 12.1 Å². The number of rotatable bonds is 3. The Balaban J connectivity index is 1.50. The van der Waals surface area contributed by atoms with Crippen molar-refractivity contribution in [2.24, 2.45) is 5.92 Å². The summed E-state index contributed by atoms with van der Waals surface area (Å²) in [5, 5.41) is 2.70. The molecule has 1 aromatic carbocycles. The second kappa shape index (κ2) is 7.02. The maximum Gasteiger partial charge on any atom is 0.231 e. The summed E-state index contributed by atoms with van der Waals surface area (Å²) >= 11 is 0. The quantitative estimate of drug-likeness (QED) is 0.908. The molecule has 5 nitrogen and oxygen atoms in total. The van der Waals surface area contributed by atoms with Crippen LogP contribution in [0.25, 0.3) is 11.3 Å². The Morgan fingerprint density at radius 3 is 2.85 bits per heavy atom. The van der Waals surface area contributed by atoms with E-state index in [9.17, 15) is 9.18 Å². The van der Waals surface area contributed by atoms with Crippen LogP contribution in [-0.2, 0) is 11.2 Å². The highest BCUT2D eigenvalue weighted by molar-refractivity contribution is 5.92. The van der Waals surface area contributed by atoms with Gasteiger partial charge in [-0.3, -0.25) is 9.78 Å². The SMILES string of the molecule is Cc1cc2c(cc1-c1cnc(NC(=O)C3CCCCC3F)cn1)CCO2. The number of alkyl halides is 1. The molecule has 2 aliphatic rings. The number of halogens is 1. The summed E-state index contributed by atoms with van der Waals surface area (Å²) in [7, 11) is 0. The summed E-state index contributed by atoms with van der Waals surface area (Å²) in [4.78, 5) is 21.0. The molecular formula is C20H22FN3O2. The molecule has 136 valence electrons. The summed E-state index contributed by atoms with van der Waals surface area (Å²) in [5.74, 6) is 0.421. The van der Waals surface area contributed by atoms with E-state index in [-0.39, 0.29) is 5.91 Å². The number of fused-ring (bicyclic) bond motifs is 1. The molecule has 0 radical (unpaired) electrons. The summed E-state index contributed by atoms with van der Waals surface area (Å²) in [6.45, 7) is 2.73. The Labute approximate surface area is 152 Å². The third-order valence-electron chi connectivity index (χ3n) is 5.23. The number of aryl methyl sites for hydroxylation is 1. The largest absolute Gasteiger partial charge is 0.493 e. The summed E-state index contributed by atoms with van der Waals surface area (Å²) in [6, 6.07) is 4.12. The van der Waals surface area contributed by atoms with Gasteiger partial charge in [0.15, 0.2) is 5.82 Å². The van der Waals surface area contributed by atoms with E-state index >= 15 is 0 Å². The first-order valence-corrected chi connectivity index (χ1v) is 9.15. The maximum atomic E-state index is 13.9. The van der Waals surface area contributed by atoms with Crippen LogP contribution in [0.1, 0.15) is 36.8 Å². The van der Waals surface area contributed by atoms with E-state index in [0.29, 0.717) is 25.3 Å². The summed E-state index contributed by atoms with van der Waals surface area (Å²) in [5.41, 5.74) is 4.00. The first-order valence-electron chi connectivity index (χ1n) is 9.15. The van der Waals surface area contributed by atoms with Gasteiger partial charge in [0.2, 0.25) is 5.91 Å². The normalized spacial score (nSPS) is 21.8. The number of hydrogen-bond acceptors (Lipinski definition) is 4. The van der Waals surface area contributed by atoms with E-state index in [1.807, 2.05) is 13.0 Å². The predicted octanol–water partition coefficient (Wildman–Crippen LogP) is 3.85. The highest BCUT2D eigenvalue weighted by atomic mass is 19.1. The van der Waals surface area contributed by atoms with Crippen LogP contribution in [0.5, 0.6) is 5.75 Å². The van der Waals surface area contributed by atoms with Crippen LogP contribution in [0.4, 0.5) is 10.2 Å². The third kappa shape index (κ3) is 3.28. The molecule has 1 N–H and O–H groups in total. The molecule has 0 spiro atoms. The second-order valence-electron chi connectivity index (χ2n) is 7.06. The molecular weight excluding hydrogens is 333 g/mol. The molecule has 6 heteroatoms. The maximum absolute atomic E-state index is 13.9. The number of carbonyl (C=O) groups is 1. The smallest absolute Gasteiger partial charge is 0.231 e. The van der Waals surface area contributed by atoms with Gasteiger partial charge in [-0.15, -0.1) is 0 Å². The monoisotopic (exact) mass is 355 g/mol. The van der Waals surface area contributed by atoms with E-state index in [1.165, 1.54) is 11.8 Å². The fourth-order valence-electron chi connectivity index (χ4n) is 3.73. The highest BCUT2D eigenvalue weighted by Gasteiger charge is 2.31. The predicted molar refractivity (Wildman–Crippen MR) is 96.9 cm³/mol. The topological polar surface area (TPSA) is 64.1 Å². The van der Waals surface area contributed by atoms with Crippen LogP contribution in [0.15, 0.2) is 24.5 Å². The molecule has 4 rings (SSSR count). The molecule has 1 aliphatic heterocycles. The van der Waals surface area contributed by atoms with Crippen molar-refractivity contribution < 1.29 is 13.9 Å². The number of carbonyl (C=O) groups excluding carboxylic acids is 1. The number of amides is 1. The fraction of sp³-hybridized carbons (Fsp3) is 0.450. The number of ether oxygens (including phenoxy) is 1. The molecule has 1 saturated carbocycles. The van der Waals surface area contributed by atoms with Gasteiger partial charge in [-0.1, -0.05) is 12.8 Å². The van der Waals surface area contributed by atoms with Gasteiger partial charge in [0.1, 0.15) is 11.9 Å². The minimum Gasteiger partial charge on any atom is -0.493 e. The van der Waals surface area contributed by atoms with Gasteiger partial charge in [-0.05, 0) is 43.0 Å². The van der Waals surface area contributed by atoms with Crippen molar-refractivity contribution in [3.63, 3.8) is 0 Å². The van der Waals surface area contributed by atoms with E-state index in [2.05, 4.69) is 21.4 Å². The molecule has 0 saturated heterocycles. The van der Waals surface area contributed by atoms with Gasteiger partial charge in [0.05, 0.1) is 30.6 Å². The molecule has 1 aromatic heterocycles. The van der Waals surface area contributed by atoms with Gasteiger partial charge < -0.3 is 10.1 Å². The molecule has 2 unspecified atom stereocenters. The number of benzene rings is 1. The molecule has 2 aromatic rings. The fourth-order valence-corrected chi connectivity index (χ4v) is 3.73. The number of anilines is 1. The first kappa shape index (κ1) is 16.9. The van der Waals surface area contributed by atoms with Gasteiger partial charge in [-0.25, -0.2) is 9.37 Å². The van der Waals surface area contributed by atoms with Gasteiger partial charge in [0.25, 0.3) is 0 Å². The lowest BCUT2D eigenvalue weighted by atomic mass is 9.87. The van der Waals surface area contributed by atoms with E-state index in [4.69, 9.17) is 4.74 Å². The Bertz CT molecular complexity index is 823. The minimum absolute atomic E-state index is 0.301. The zero-order valence-corrected chi connectivity index (χ0v) is 14.8. The Kier molecular flexibility index (Phi) is 4.57. The zero-order chi connectivity index (χ0) is 18.1. The first-order chi connectivity index (χ1) is 12.6. The van der Waals surface area contributed by atoms with Gasteiger partial charge >= 0.3 is 0 Å². The van der Waals surface area contributed by atoms with Crippen molar-refractivity contribution in [3.8, 4) is 17.0 Å². The van der Waals surface area contributed by atoms with Crippen LogP contribution in [0.2, 0.25) is 0 Å². The minimum atomic E-state index is -1.06. The summed E-state index contributed by atoms with van der Waals surface area (Å²) in [6.07, 6.45) is 5.82. The van der Waals surface area contributed by atoms with Crippen LogP contribution in [-0.4, -0.2) is 28.7 Å². The van der Waals surface area contributed by atoms with Crippen LogP contribution < -0.4 is 10.1 Å². The van der Waals surface area contributed by atoms with Crippen molar-refractivity contribution in [1.29, 1.82) is 0 Å². The van der Waals surface area contributed by atoms with Crippen molar-refractivity contribution in [1.82, 2.24) is 9.97 Å². The Morgan fingerprint density at radius 1 is 1.23 bits per heavy atom. The molecule has 1 amide bonds. The lowest BCUT2D eigenvalue weighted by Gasteiger charge is -2.24. The number of nitrogens with zero attached hydrogens (tertiary/aromatic N) is 2. The molecule has 1 aliphatic carbocycles. The van der Waals surface area contributed by atoms with Gasteiger partial charge in [-0.2, -0.15) is 0 Å². The molecule has 1 fully saturated rings. The average molecular weight is 355 g/mol. The average Bonchev–Trinajstić information content (AvgIpc) is 3.09.